The summed E-state index contributed by atoms with van der Waals surface area (Å²) in [6.07, 6.45) is 4.01. The van der Waals surface area contributed by atoms with Crippen molar-refractivity contribution in [1.29, 1.82) is 0 Å². The van der Waals surface area contributed by atoms with E-state index >= 15 is 0 Å². The summed E-state index contributed by atoms with van der Waals surface area (Å²) in [7, 11) is 3.24. The summed E-state index contributed by atoms with van der Waals surface area (Å²) < 4.78 is 21.9. The van der Waals surface area contributed by atoms with Gasteiger partial charge in [-0.1, -0.05) is 24.3 Å². The van der Waals surface area contributed by atoms with Gasteiger partial charge in [0, 0.05) is 19.5 Å². The summed E-state index contributed by atoms with van der Waals surface area (Å²) in [4.78, 5) is 75.4. The normalized spacial score (nSPS) is 15.1. The van der Waals surface area contributed by atoms with Gasteiger partial charge in [0.2, 0.25) is 11.8 Å². The molecule has 2 aliphatic heterocycles. The maximum absolute atomic E-state index is 13.2. The molecule has 1 unspecified atom stereocenters. The Morgan fingerprint density at radius 1 is 0.750 bits per heavy atom. The van der Waals surface area contributed by atoms with Crippen molar-refractivity contribution < 1.29 is 47.7 Å². The highest BCUT2D eigenvalue weighted by Crippen LogP contribution is 2.33. The lowest BCUT2D eigenvalue weighted by atomic mass is 10.0. The van der Waals surface area contributed by atoms with Gasteiger partial charge in [0.05, 0.1) is 25.3 Å². The molecule has 52 heavy (non-hydrogen) atoms. The number of carbonyl (C=O) groups excluding carboxylic acids is 6. The maximum Gasteiger partial charge on any atom is 0.266 e. The summed E-state index contributed by atoms with van der Waals surface area (Å²) in [5.41, 5.74) is 2.38. The van der Waals surface area contributed by atoms with Gasteiger partial charge >= 0.3 is 0 Å². The van der Waals surface area contributed by atoms with E-state index in [0.29, 0.717) is 37.4 Å². The van der Waals surface area contributed by atoms with E-state index in [1.54, 1.807) is 14.2 Å². The van der Waals surface area contributed by atoms with Crippen LogP contribution in [0.15, 0.2) is 60.7 Å². The summed E-state index contributed by atoms with van der Waals surface area (Å²) in [6, 6.07) is 17.0. The van der Waals surface area contributed by atoms with Crippen LogP contribution in [0.4, 0.5) is 0 Å². The standard InChI is InChI=1S/C38H42N4O10/c1-49-29-17-13-25(21-31(29)50-2)8-5-7-24-11-14-26(15-12-24)51-22-33(44)39-19-3-4-20-40-34(45)23-52-30-10-6-9-27-35(30)38(48)42(37(27)47)28-16-18-32(43)41-36(28)46/h6,9-15,17,21,28H,3-5,7-8,16,18-20,22-23H2,1-2H3,(H,39,44)(H,40,45)(H,41,43,46). The van der Waals surface area contributed by atoms with Crippen LogP contribution in [0.1, 0.15) is 63.9 Å². The van der Waals surface area contributed by atoms with Crippen molar-refractivity contribution in [2.45, 2.75) is 51.0 Å². The number of nitrogens with one attached hydrogen (secondary N) is 3. The Hall–Kier alpha value is -5.92. The van der Waals surface area contributed by atoms with Crippen LogP contribution in [0.5, 0.6) is 23.0 Å². The van der Waals surface area contributed by atoms with E-state index in [9.17, 15) is 28.8 Å². The minimum Gasteiger partial charge on any atom is -0.493 e. The van der Waals surface area contributed by atoms with Crippen molar-refractivity contribution in [3.8, 4) is 23.0 Å². The molecule has 1 saturated heterocycles. The Labute approximate surface area is 301 Å². The molecular formula is C38H42N4O10. The number of unbranched alkanes of at least 4 members (excludes halogenated alkanes) is 1. The molecule has 0 radical (unpaired) electrons. The number of piperidine rings is 1. The lowest BCUT2D eigenvalue weighted by Gasteiger charge is -2.27. The Morgan fingerprint density at radius 3 is 2.08 bits per heavy atom. The second-order valence-corrected chi connectivity index (χ2v) is 12.3. The molecular weight excluding hydrogens is 672 g/mol. The third-order valence-corrected chi connectivity index (χ3v) is 8.71. The van der Waals surface area contributed by atoms with Crippen LogP contribution in [0.3, 0.4) is 0 Å². The number of aryl methyl sites for hydroxylation is 2. The average molecular weight is 715 g/mol. The molecule has 1 atom stereocenters. The van der Waals surface area contributed by atoms with Crippen LogP contribution < -0.4 is 34.9 Å². The van der Waals surface area contributed by atoms with Gasteiger partial charge in [-0.3, -0.25) is 39.0 Å². The minimum absolute atomic E-state index is 0.00909. The molecule has 2 aliphatic rings. The summed E-state index contributed by atoms with van der Waals surface area (Å²) >= 11 is 0. The first-order valence-corrected chi connectivity index (χ1v) is 17.1. The second-order valence-electron chi connectivity index (χ2n) is 12.3. The highest BCUT2D eigenvalue weighted by Gasteiger charge is 2.46. The number of rotatable bonds is 18. The molecule has 0 spiro atoms. The third-order valence-electron chi connectivity index (χ3n) is 8.71. The molecule has 0 saturated carbocycles. The predicted octanol–water partition coefficient (Wildman–Crippen LogP) is 2.75. The second kappa shape index (κ2) is 17.8. The number of benzene rings is 3. The number of hydrogen-bond acceptors (Lipinski definition) is 10. The Morgan fingerprint density at radius 2 is 1.40 bits per heavy atom. The number of imide groups is 2. The number of methoxy groups -OCH3 is 2. The highest BCUT2D eigenvalue weighted by molar-refractivity contribution is 6.24. The highest BCUT2D eigenvalue weighted by atomic mass is 16.5. The smallest absolute Gasteiger partial charge is 0.266 e. The zero-order chi connectivity index (χ0) is 37.0. The molecule has 2 heterocycles. The zero-order valence-corrected chi connectivity index (χ0v) is 29.2. The fraction of sp³-hybridized carbons (Fsp3) is 0.368. The lowest BCUT2D eigenvalue weighted by molar-refractivity contribution is -0.136. The first-order valence-electron chi connectivity index (χ1n) is 17.1. The van der Waals surface area contributed by atoms with Gasteiger partial charge in [0.25, 0.3) is 23.6 Å². The predicted molar refractivity (Wildman–Crippen MR) is 187 cm³/mol. The molecule has 5 rings (SSSR count). The topological polar surface area (TPSA) is 179 Å². The molecule has 14 nitrogen and oxygen atoms in total. The first kappa shape index (κ1) is 37.3. The van der Waals surface area contributed by atoms with Crippen molar-refractivity contribution >= 4 is 35.4 Å². The molecule has 14 heteroatoms. The molecule has 1 fully saturated rings. The quantitative estimate of drug-likeness (QED) is 0.131. The molecule has 3 aromatic rings. The Balaban J connectivity index is 0.937. The Bertz CT molecular complexity index is 1810. The molecule has 3 aromatic carbocycles. The number of amides is 6. The number of carbonyl (C=O) groups is 6. The molecule has 274 valence electrons. The van der Waals surface area contributed by atoms with E-state index in [0.717, 1.165) is 29.9 Å². The van der Waals surface area contributed by atoms with Gasteiger partial charge in [0.15, 0.2) is 24.7 Å². The summed E-state index contributed by atoms with van der Waals surface area (Å²) in [6.45, 7) is 0.229. The van der Waals surface area contributed by atoms with Gasteiger partial charge in [-0.2, -0.15) is 0 Å². The van der Waals surface area contributed by atoms with E-state index in [4.69, 9.17) is 18.9 Å². The largest absolute Gasteiger partial charge is 0.493 e. The van der Waals surface area contributed by atoms with E-state index in [-0.39, 0.29) is 42.2 Å². The monoisotopic (exact) mass is 714 g/mol. The summed E-state index contributed by atoms with van der Waals surface area (Å²) in [5, 5.41) is 7.67. The summed E-state index contributed by atoms with van der Waals surface area (Å²) in [5.74, 6) is -1.16. The molecule has 0 aliphatic carbocycles. The number of ether oxygens (including phenoxy) is 4. The zero-order valence-electron chi connectivity index (χ0n) is 29.2. The fourth-order valence-corrected chi connectivity index (χ4v) is 5.99. The van der Waals surface area contributed by atoms with Crippen molar-refractivity contribution in [1.82, 2.24) is 20.9 Å². The minimum atomic E-state index is -1.10. The van der Waals surface area contributed by atoms with Gasteiger partial charge in [-0.25, -0.2) is 0 Å². The molecule has 3 N–H and O–H groups in total. The Kier molecular flexibility index (Phi) is 12.8. The van der Waals surface area contributed by atoms with E-state index < -0.39 is 42.2 Å². The van der Waals surface area contributed by atoms with Crippen LogP contribution in [0.25, 0.3) is 0 Å². The molecule has 6 amide bonds. The van der Waals surface area contributed by atoms with Crippen molar-refractivity contribution in [3.63, 3.8) is 0 Å². The molecule has 0 bridgehead atoms. The number of nitrogens with zero attached hydrogens (tertiary/aromatic N) is 1. The maximum atomic E-state index is 13.2. The fourth-order valence-electron chi connectivity index (χ4n) is 5.99. The van der Waals surface area contributed by atoms with Crippen LogP contribution in [-0.2, 0) is 32.0 Å². The number of hydrogen-bond donors (Lipinski definition) is 3. The third kappa shape index (κ3) is 9.44. The van der Waals surface area contributed by atoms with Crippen molar-refractivity contribution in [3.05, 3.63) is 82.9 Å². The van der Waals surface area contributed by atoms with E-state index in [2.05, 4.69) is 16.0 Å². The van der Waals surface area contributed by atoms with E-state index in [1.165, 1.54) is 29.3 Å². The van der Waals surface area contributed by atoms with Gasteiger partial charge in [-0.05, 0) is 86.1 Å². The average Bonchev–Trinajstić information content (AvgIpc) is 3.40. The van der Waals surface area contributed by atoms with Crippen LogP contribution in [0.2, 0.25) is 0 Å². The first-order chi connectivity index (χ1) is 25.2. The molecule has 0 aromatic heterocycles. The van der Waals surface area contributed by atoms with Crippen LogP contribution in [0, 0.1) is 0 Å². The van der Waals surface area contributed by atoms with E-state index in [1.807, 2.05) is 42.5 Å². The van der Waals surface area contributed by atoms with Crippen LogP contribution >= 0.6 is 0 Å². The SMILES string of the molecule is COc1ccc(CCCc2ccc(OCC(=O)NCCCCNC(=O)COc3cccc4c3C(=O)N(C3CCC(=O)NC3=O)C4=O)cc2)cc1OC. The van der Waals surface area contributed by atoms with Crippen molar-refractivity contribution in [2.75, 3.05) is 40.5 Å². The van der Waals surface area contributed by atoms with Gasteiger partial charge < -0.3 is 29.6 Å². The van der Waals surface area contributed by atoms with Crippen LogP contribution in [-0.4, -0.2) is 86.9 Å². The number of fused-ring (bicyclic) bond motifs is 1. The van der Waals surface area contributed by atoms with Gasteiger partial charge in [-0.15, -0.1) is 0 Å². The van der Waals surface area contributed by atoms with Gasteiger partial charge in [0.1, 0.15) is 17.5 Å². The lowest BCUT2D eigenvalue weighted by Crippen LogP contribution is -2.54. The van der Waals surface area contributed by atoms with Crippen molar-refractivity contribution in [2.24, 2.45) is 0 Å².